The van der Waals surface area contributed by atoms with Gasteiger partial charge >= 0.3 is 0 Å². The highest BCUT2D eigenvalue weighted by Crippen LogP contribution is 2.16. The fourth-order valence-corrected chi connectivity index (χ4v) is 1.77. The van der Waals surface area contributed by atoms with Crippen molar-refractivity contribution in [2.24, 2.45) is 0 Å². The van der Waals surface area contributed by atoms with Crippen LogP contribution in [0.5, 0.6) is 5.75 Å². The molecule has 0 aliphatic carbocycles. The quantitative estimate of drug-likeness (QED) is 0.639. The Labute approximate surface area is 115 Å². The molecule has 2 N–H and O–H groups in total. The van der Waals surface area contributed by atoms with Gasteiger partial charge in [-0.1, -0.05) is 12.1 Å². The molecule has 0 aliphatic rings. The van der Waals surface area contributed by atoms with Gasteiger partial charge in [0.05, 0.1) is 13.2 Å². The van der Waals surface area contributed by atoms with Crippen LogP contribution in [-0.4, -0.2) is 38.6 Å². The number of benzene rings is 1. The van der Waals surface area contributed by atoms with Gasteiger partial charge < -0.3 is 19.9 Å². The largest absolute Gasteiger partial charge is 0.508 e. The van der Waals surface area contributed by atoms with Crippen LogP contribution in [-0.2, 0) is 9.47 Å². The molecule has 108 valence electrons. The summed E-state index contributed by atoms with van der Waals surface area (Å²) in [5.41, 5.74) is 1.19. The van der Waals surface area contributed by atoms with E-state index in [2.05, 4.69) is 12.2 Å². The van der Waals surface area contributed by atoms with Crippen LogP contribution in [0.15, 0.2) is 24.3 Å². The molecule has 0 fully saturated rings. The first-order chi connectivity index (χ1) is 9.24. The summed E-state index contributed by atoms with van der Waals surface area (Å²) in [6.45, 7) is 5.22. The van der Waals surface area contributed by atoms with Gasteiger partial charge in [0.25, 0.3) is 0 Å². The number of unbranched alkanes of at least 4 members (excludes halogenated alkanes) is 1. The van der Waals surface area contributed by atoms with Gasteiger partial charge in [-0.25, -0.2) is 0 Å². The van der Waals surface area contributed by atoms with E-state index < -0.39 is 0 Å². The average molecular weight is 267 g/mol. The second-order valence-corrected chi connectivity index (χ2v) is 4.58. The van der Waals surface area contributed by atoms with Crippen LogP contribution in [0, 0.1) is 0 Å². The highest BCUT2D eigenvalue weighted by atomic mass is 16.5. The molecule has 4 heteroatoms. The first-order valence-electron chi connectivity index (χ1n) is 6.83. The predicted octanol–water partition coefficient (Wildman–Crippen LogP) is 2.49. The Bertz CT molecular complexity index is 327. The lowest BCUT2D eigenvalue weighted by Crippen LogP contribution is -2.20. The lowest BCUT2D eigenvalue weighted by molar-refractivity contribution is 0.0687. The Hall–Kier alpha value is -1.10. The van der Waals surface area contributed by atoms with Crippen molar-refractivity contribution in [1.29, 1.82) is 0 Å². The second-order valence-electron chi connectivity index (χ2n) is 4.58. The molecule has 0 spiro atoms. The van der Waals surface area contributed by atoms with Crippen molar-refractivity contribution < 1.29 is 14.6 Å². The molecule has 1 rings (SSSR count). The molecule has 0 aliphatic heterocycles. The van der Waals surface area contributed by atoms with Crippen LogP contribution in [0.4, 0.5) is 0 Å². The maximum Gasteiger partial charge on any atom is 0.115 e. The van der Waals surface area contributed by atoms with Crippen molar-refractivity contribution in [3.05, 3.63) is 29.8 Å². The van der Waals surface area contributed by atoms with Crippen LogP contribution in [0.1, 0.15) is 31.4 Å². The molecule has 0 heterocycles. The van der Waals surface area contributed by atoms with Crippen molar-refractivity contribution in [3.8, 4) is 5.75 Å². The van der Waals surface area contributed by atoms with E-state index in [-0.39, 0.29) is 0 Å². The molecule has 19 heavy (non-hydrogen) atoms. The summed E-state index contributed by atoms with van der Waals surface area (Å²) in [5.74, 6) is 0.309. The molecular weight excluding hydrogens is 242 g/mol. The van der Waals surface area contributed by atoms with Crippen molar-refractivity contribution in [2.75, 3.05) is 33.5 Å². The Morgan fingerprint density at radius 2 is 1.84 bits per heavy atom. The number of rotatable bonds is 10. The number of nitrogens with one attached hydrogen (secondary N) is 1. The normalized spacial score (nSPS) is 12.5. The molecule has 1 atom stereocenters. The van der Waals surface area contributed by atoms with Crippen LogP contribution >= 0.6 is 0 Å². The number of ether oxygens (including phenoxy) is 2. The third kappa shape index (κ3) is 7.15. The lowest BCUT2D eigenvalue weighted by atomic mass is 10.1. The van der Waals surface area contributed by atoms with E-state index in [1.807, 2.05) is 12.1 Å². The maximum atomic E-state index is 9.23. The minimum Gasteiger partial charge on any atom is -0.508 e. The SMILES string of the molecule is COCCOCCCCNC(C)c1ccc(O)cc1. The molecule has 1 aromatic carbocycles. The molecule has 1 unspecified atom stereocenters. The zero-order chi connectivity index (χ0) is 13.9. The summed E-state index contributed by atoms with van der Waals surface area (Å²) in [4.78, 5) is 0. The summed E-state index contributed by atoms with van der Waals surface area (Å²) < 4.78 is 10.3. The Morgan fingerprint density at radius 3 is 2.53 bits per heavy atom. The number of phenols is 1. The number of methoxy groups -OCH3 is 1. The van der Waals surface area contributed by atoms with E-state index in [4.69, 9.17) is 9.47 Å². The molecule has 0 aromatic heterocycles. The second kappa shape index (κ2) is 9.78. The van der Waals surface area contributed by atoms with Gasteiger partial charge in [0, 0.05) is 19.8 Å². The van der Waals surface area contributed by atoms with Gasteiger partial charge in [-0.05, 0) is 44.0 Å². The molecule has 0 saturated heterocycles. The number of hydrogen-bond donors (Lipinski definition) is 2. The average Bonchev–Trinajstić information content (AvgIpc) is 2.42. The fourth-order valence-electron chi connectivity index (χ4n) is 1.77. The van der Waals surface area contributed by atoms with E-state index in [1.54, 1.807) is 19.2 Å². The van der Waals surface area contributed by atoms with E-state index in [0.29, 0.717) is 25.0 Å². The third-order valence-electron chi connectivity index (χ3n) is 2.99. The lowest BCUT2D eigenvalue weighted by Gasteiger charge is -2.14. The van der Waals surface area contributed by atoms with Crippen LogP contribution in [0.2, 0.25) is 0 Å². The van der Waals surface area contributed by atoms with Crippen molar-refractivity contribution in [3.63, 3.8) is 0 Å². The fraction of sp³-hybridized carbons (Fsp3) is 0.600. The number of aromatic hydroxyl groups is 1. The molecule has 4 nitrogen and oxygen atoms in total. The molecule has 0 bridgehead atoms. The maximum absolute atomic E-state index is 9.23. The Balaban J connectivity index is 2.04. The van der Waals surface area contributed by atoms with Crippen LogP contribution in [0.3, 0.4) is 0 Å². The summed E-state index contributed by atoms with van der Waals surface area (Å²) in [5, 5.41) is 12.7. The highest BCUT2D eigenvalue weighted by molar-refractivity contribution is 5.27. The van der Waals surface area contributed by atoms with Crippen LogP contribution in [0.25, 0.3) is 0 Å². The standard InChI is InChI=1S/C15H25NO3/c1-13(14-5-7-15(17)8-6-14)16-9-3-4-10-19-12-11-18-2/h5-8,13,16-17H,3-4,9-12H2,1-2H3. The highest BCUT2D eigenvalue weighted by Gasteiger charge is 2.03. The zero-order valence-corrected chi connectivity index (χ0v) is 11.9. The Kier molecular flexibility index (Phi) is 8.21. The Morgan fingerprint density at radius 1 is 1.11 bits per heavy atom. The van der Waals surface area contributed by atoms with Crippen molar-refractivity contribution in [2.45, 2.75) is 25.8 Å². The van der Waals surface area contributed by atoms with E-state index in [9.17, 15) is 5.11 Å². The summed E-state index contributed by atoms with van der Waals surface area (Å²) in [7, 11) is 1.68. The molecule has 0 saturated carbocycles. The van der Waals surface area contributed by atoms with Crippen molar-refractivity contribution >= 4 is 0 Å². The molecule has 0 amide bonds. The zero-order valence-electron chi connectivity index (χ0n) is 11.9. The molecule has 1 aromatic rings. The summed E-state index contributed by atoms with van der Waals surface area (Å²) in [6, 6.07) is 7.63. The minimum absolute atomic E-state index is 0.301. The minimum atomic E-state index is 0.301. The van der Waals surface area contributed by atoms with Gasteiger partial charge in [-0.2, -0.15) is 0 Å². The van der Waals surface area contributed by atoms with E-state index in [0.717, 1.165) is 26.0 Å². The van der Waals surface area contributed by atoms with Crippen LogP contribution < -0.4 is 5.32 Å². The van der Waals surface area contributed by atoms with E-state index in [1.165, 1.54) is 5.56 Å². The first-order valence-corrected chi connectivity index (χ1v) is 6.83. The van der Waals surface area contributed by atoms with Crippen molar-refractivity contribution in [1.82, 2.24) is 5.32 Å². The number of hydrogen-bond acceptors (Lipinski definition) is 4. The number of phenolic OH excluding ortho intramolecular Hbond substituents is 1. The van der Waals surface area contributed by atoms with Gasteiger partial charge in [0.15, 0.2) is 0 Å². The first kappa shape index (κ1) is 16.0. The smallest absolute Gasteiger partial charge is 0.115 e. The van der Waals surface area contributed by atoms with E-state index >= 15 is 0 Å². The topological polar surface area (TPSA) is 50.7 Å². The van der Waals surface area contributed by atoms with Gasteiger partial charge in [-0.15, -0.1) is 0 Å². The predicted molar refractivity (Wildman–Crippen MR) is 76.5 cm³/mol. The van der Waals surface area contributed by atoms with Gasteiger partial charge in [0.1, 0.15) is 5.75 Å². The summed E-state index contributed by atoms with van der Waals surface area (Å²) in [6.07, 6.45) is 2.15. The monoisotopic (exact) mass is 267 g/mol. The third-order valence-corrected chi connectivity index (χ3v) is 2.99. The summed E-state index contributed by atoms with van der Waals surface area (Å²) >= 11 is 0. The van der Waals surface area contributed by atoms with Gasteiger partial charge in [-0.3, -0.25) is 0 Å². The van der Waals surface area contributed by atoms with Gasteiger partial charge in [0.2, 0.25) is 0 Å². The molecular formula is C15H25NO3. The molecule has 0 radical (unpaired) electrons.